The largest absolute Gasteiger partial charge is 0.396 e. The summed E-state index contributed by atoms with van der Waals surface area (Å²) in [6.07, 6.45) is 0. The van der Waals surface area contributed by atoms with Crippen molar-refractivity contribution in [1.82, 2.24) is 10.0 Å². The van der Waals surface area contributed by atoms with E-state index in [0.717, 1.165) is 6.07 Å². The van der Waals surface area contributed by atoms with Crippen molar-refractivity contribution in [2.75, 3.05) is 19.3 Å². The van der Waals surface area contributed by atoms with Crippen LogP contribution in [-0.2, 0) is 14.8 Å². The van der Waals surface area contributed by atoms with Crippen molar-refractivity contribution in [3.05, 3.63) is 24.0 Å². The molecule has 0 aromatic heterocycles. The first kappa shape index (κ1) is 16.4. The second-order valence-electron chi connectivity index (χ2n) is 4.97. The Kier molecular flexibility index (Phi) is 4.72. The molecule has 112 valence electrons. The first-order valence-electron chi connectivity index (χ1n) is 5.87. The van der Waals surface area contributed by atoms with Gasteiger partial charge in [-0.1, -0.05) is 0 Å². The normalized spacial score (nSPS) is 12.2. The lowest BCUT2D eigenvalue weighted by Crippen LogP contribution is -2.43. The summed E-state index contributed by atoms with van der Waals surface area (Å²) >= 11 is 0. The first-order valence-corrected chi connectivity index (χ1v) is 7.35. The van der Waals surface area contributed by atoms with Crippen LogP contribution < -0.4 is 15.8 Å². The molecule has 0 saturated carbocycles. The molecule has 6 nitrogen and oxygen atoms in total. The number of hydrogen-bond donors (Lipinski definition) is 3. The Balaban J connectivity index is 2.91. The van der Waals surface area contributed by atoms with Gasteiger partial charge in [-0.15, -0.1) is 0 Å². The molecule has 8 heteroatoms. The maximum absolute atomic E-state index is 13.3. The van der Waals surface area contributed by atoms with Gasteiger partial charge in [-0.2, -0.15) is 0 Å². The molecule has 0 aliphatic rings. The summed E-state index contributed by atoms with van der Waals surface area (Å²) in [6, 6.07) is 3.21. The molecule has 0 aliphatic heterocycles. The molecule has 0 fully saturated rings. The van der Waals surface area contributed by atoms with E-state index < -0.39 is 21.3 Å². The van der Waals surface area contributed by atoms with Crippen molar-refractivity contribution in [2.45, 2.75) is 18.7 Å². The molecule has 0 bridgehead atoms. The van der Waals surface area contributed by atoms with Gasteiger partial charge < -0.3 is 11.1 Å². The fraction of sp³-hybridized carbons (Fsp3) is 0.417. The number of halogens is 1. The van der Waals surface area contributed by atoms with Crippen LogP contribution in [0.25, 0.3) is 0 Å². The Labute approximate surface area is 117 Å². The molecule has 0 unspecified atom stereocenters. The second kappa shape index (κ2) is 5.76. The van der Waals surface area contributed by atoms with Crippen LogP contribution in [0.2, 0.25) is 0 Å². The van der Waals surface area contributed by atoms with E-state index in [-0.39, 0.29) is 23.0 Å². The zero-order valence-corrected chi connectivity index (χ0v) is 12.3. The summed E-state index contributed by atoms with van der Waals surface area (Å²) in [4.78, 5) is 11.3. The summed E-state index contributed by atoms with van der Waals surface area (Å²) in [6.45, 7) is 3.08. The Morgan fingerprint density at radius 1 is 1.40 bits per heavy atom. The maximum Gasteiger partial charge on any atom is 0.240 e. The number of carbonyl (C=O) groups is 1. The zero-order chi connectivity index (χ0) is 15.6. The highest BCUT2D eigenvalue weighted by molar-refractivity contribution is 7.89. The second-order valence-corrected chi connectivity index (χ2v) is 6.74. The van der Waals surface area contributed by atoms with Crippen LogP contribution in [0.3, 0.4) is 0 Å². The number of amides is 1. The molecule has 0 atom stereocenters. The van der Waals surface area contributed by atoms with E-state index in [9.17, 15) is 17.6 Å². The number of anilines is 1. The summed E-state index contributed by atoms with van der Waals surface area (Å²) in [5, 5.41) is 2.45. The van der Waals surface area contributed by atoms with Crippen LogP contribution in [0, 0.1) is 11.2 Å². The zero-order valence-electron chi connectivity index (χ0n) is 11.5. The number of nitrogens with two attached hydrogens (primary N) is 1. The highest BCUT2D eigenvalue weighted by Crippen LogP contribution is 2.18. The lowest BCUT2D eigenvalue weighted by atomic mass is 9.93. The molecule has 0 spiro atoms. The third kappa shape index (κ3) is 3.67. The van der Waals surface area contributed by atoms with Gasteiger partial charge in [0.1, 0.15) is 5.82 Å². The summed E-state index contributed by atoms with van der Waals surface area (Å²) in [5.41, 5.74) is 4.24. The highest BCUT2D eigenvalue weighted by Gasteiger charge is 2.29. The number of rotatable bonds is 5. The van der Waals surface area contributed by atoms with E-state index in [2.05, 4.69) is 10.0 Å². The van der Waals surface area contributed by atoms with Gasteiger partial charge in [-0.05, 0) is 32.0 Å². The van der Waals surface area contributed by atoms with Crippen molar-refractivity contribution in [3.8, 4) is 0 Å². The van der Waals surface area contributed by atoms with Gasteiger partial charge in [0.05, 0.1) is 16.0 Å². The number of hydrogen-bond acceptors (Lipinski definition) is 4. The molecule has 20 heavy (non-hydrogen) atoms. The molecular weight excluding hydrogens is 285 g/mol. The molecule has 0 radical (unpaired) electrons. The van der Waals surface area contributed by atoms with Crippen LogP contribution >= 0.6 is 0 Å². The standard InChI is InChI=1S/C12H18FN3O3S/c1-12(2,11(17)15-3)7-16-20(18,19)8-4-5-10(14)9(13)6-8/h4-6,16H,7,14H2,1-3H3,(H,15,17). The Morgan fingerprint density at radius 2 is 2.00 bits per heavy atom. The fourth-order valence-electron chi connectivity index (χ4n) is 1.45. The smallest absolute Gasteiger partial charge is 0.240 e. The van der Waals surface area contributed by atoms with Crippen LogP contribution in [0.15, 0.2) is 23.1 Å². The minimum atomic E-state index is -3.90. The summed E-state index contributed by atoms with van der Waals surface area (Å²) in [5.74, 6) is -1.11. The first-order chi connectivity index (χ1) is 9.10. The topological polar surface area (TPSA) is 101 Å². The van der Waals surface area contributed by atoms with E-state index in [4.69, 9.17) is 5.73 Å². The van der Waals surface area contributed by atoms with Gasteiger partial charge in [-0.25, -0.2) is 17.5 Å². The van der Waals surface area contributed by atoms with Crippen molar-refractivity contribution in [2.24, 2.45) is 5.41 Å². The van der Waals surface area contributed by atoms with Crippen LogP contribution in [-0.4, -0.2) is 27.9 Å². The number of sulfonamides is 1. The summed E-state index contributed by atoms with van der Waals surface area (Å²) in [7, 11) is -2.43. The van der Waals surface area contributed by atoms with E-state index >= 15 is 0 Å². The van der Waals surface area contributed by atoms with Crippen LogP contribution in [0.4, 0.5) is 10.1 Å². The monoisotopic (exact) mass is 303 g/mol. The van der Waals surface area contributed by atoms with Crippen LogP contribution in [0.1, 0.15) is 13.8 Å². The van der Waals surface area contributed by atoms with Gasteiger partial charge in [0, 0.05) is 13.6 Å². The predicted octanol–water partition coefficient (Wildman–Crippen LogP) is 0.458. The van der Waals surface area contributed by atoms with E-state index in [1.165, 1.54) is 19.2 Å². The molecular formula is C12H18FN3O3S. The lowest BCUT2D eigenvalue weighted by molar-refractivity contribution is -0.128. The molecule has 1 amide bonds. The fourth-order valence-corrected chi connectivity index (χ4v) is 2.68. The number of nitrogens with one attached hydrogen (secondary N) is 2. The molecule has 0 heterocycles. The summed E-state index contributed by atoms with van der Waals surface area (Å²) < 4.78 is 39.6. The third-order valence-corrected chi connectivity index (χ3v) is 4.23. The minimum Gasteiger partial charge on any atom is -0.396 e. The molecule has 4 N–H and O–H groups in total. The van der Waals surface area contributed by atoms with Crippen LogP contribution in [0.5, 0.6) is 0 Å². The van der Waals surface area contributed by atoms with Crippen molar-refractivity contribution in [3.63, 3.8) is 0 Å². The average molecular weight is 303 g/mol. The lowest BCUT2D eigenvalue weighted by Gasteiger charge is -2.22. The van der Waals surface area contributed by atoms with Gasteiger partial charge >= 0.3 is 0 Å². The highest BCUT2D eigenvalue weighted by atomic mass is 32.2. The van der Waals surface area contributed by atoms with E-state index in [1.807, 2.05) is 0 Å². The Bertz CT molecular complexity index is 614. The van der Waals surface area contributed by atoms with Crippen molar-refractivity contribution >= 4 is 21.6 Å². The molecule has 1 rings (SSSR count). The molecule has 0 saturated heterocycles. The molecule has 0 aliphatic carbocycles. The maximum atomic E-state index is 13.3. The number of benzene rings is 1. The van der Waals surface area contributed by atoms with Gasteiger partial charge in [-0.3, -0.25) is 4.79 Å². The van der Waals surface area contributed by atoms with Crippen molar-refractivity contribution < 1.29 is 17.6 Å². The van der Waals surface area contributed by atoms with Gasteiger partial charge in [0.25, 0.3) is 0 Å². The minimum absolute atomic E-state index is 0.110. The van der Waals surface area contributed by atoms with Crippen molar-refractivity contribution in [1.29, 1.82) is 0 Å². The molecule has 1 aromatic carbocycles. The average Bonchev–Trinajstić information content (AvgIpc) is 2.38. The Hall–Kier alpha value is -1.67. The van der Waals surface area contributed by atoms with Gasteiger partial charge in [0.2, 0.25) is 15.9 Å². The third-order valence-electron chi connectivity index (χ3n) is 2.83. The Morgan fingerprint density at radius 3 is 2.50 bits per heavy atom. The number of nitrogen functional groups attached to an aromatic ring is 1. The van der Waals surface area contributed by atoms with Gasteiger partial charge in [0.15, 0.2) is 0 Å². The number of carbonyl (C=O) groups excluding carboxylic acids is 1. The SMILES string of the molecule is CNC(=O)C(C)(C)CNS(=O)(=O)c1ccc(N)c(F)c1. The predicted molar refractivity (Wildman–Crippen MR) is 73.8 cm³/mol. The molecule has 1 aromatic rings. The van der Waals surface area contributed by atoms with E-state index in [1.54, 1.807) is 13.8 Å². The quantitative estimate of drug-likeness (QED) is 0.688. The van der Waals surface area contributed by atoms with E-state index in [0.29, 0.717) is 0 Å².